The first-order chi connectivity index (χ1) is 14.0. The van der Waals surface area contributed by atoms with E-state index in [1.165, 1.54) is 11.3 Å². The number of benzene rings is 2. The Labute approximate surface area is 181 Å². The first-order valence-corrected chi connectivity index (χ1v) is 10.1. The van der Waals surface area contributed by atoms with Crippen LogP contribution in [0.3, 0.4) is 0 Å². The zero-order valence-electron chi connectivity index (χ0n) is 15.1. The van der Waals surface area contributed by atoms with E-state index in [-0.39, 0.29) is 19.1 Å². The van der Waals surface area contributed by atoms with E-state index in [0.717, 1.165) is 5.01 Å². The van der Waals surface area contributed by atoms with E-state index < -0.39 is 5.97 Å². The SMILES string of the molecule is O=C(CNC(=O)c1ccc(Cl)cc1)OCc1csc(COc2ccc(Cl)cc2)n1. The Morgan fingerprint density at radius 3 is 2.31 bits per heavy atom. The highest BCUT2D eigenvalue weighted by molar-refractivity contribution is 7.09. The fourth-order valence-corrected chi connectivity index (χ4v) is 3.16. The molecule has 0 unspecified atom stereocenters. The number of hydrogen-bond acceptors (Lipinski definition) is 6. The Bertz CT molecular complexity index is 975. The maximum absolute atomic E-state index is 12.0. The minimum Gasteiger partial charge on any atom is -0.486 e. The van der Waals surface area contributed by atoms with Gasteiger partial charge < -0.3 is 14.8 Å². The van der Waals surface area contributed by atoms with Crippen LogP contribution in [0.4, 0.5) is 0 Å². The highest BCUT2D eigenvalue weighted by Crippen LogP contribution is 2.18. The minimum atomic E-state index is -0.556. The Hall–Kier alpha value is -2.61. The second kappa shape index (κ2) is 10.2. The first kappa shape index (κ1) is 21.1. The van der Waals surface area contributed by atoms with Crippen LogP contribution in [0.1, 0.15) is 21.1 Å². The maximum Gasteiger partial charge on any atom is 0.325 e. The van der Waals surface area contributed by atoms with Crippen molar-refractivity contribution in [2.24, 2.45) is 0 Å². The topological polar surface area (TPSA) is 77.5 Å². The smallest absolute Gasteiger partial charge is 0.325 e. The minimum absolute atomic E-state index is 0.0209. The number of thiazole rings is 1. The van der Waals surface area contributed by atoms with Crippen molar-refractivity contribution in [2.75, 3.05) is 6.54 Å². The molecule has 0 radical (unpaired) electrons. The molecule has 1 heterocycles. The quantitative estimate of drug-likeness (QED) is 0.511. The molecule has 0 fully saturated rings. The van der Waals surface area contributed by atoms with Gasteiger partial charge in [-0.2, -0.15) is 0 Å². The summed E-state index contributed by atoms with van der Waals surface area (Å²) in [6, 6.07) is 13.4. The molecular weight excluding hydrogens is 435 g/mol. The van der Waals surface area contributed by atoms with Crippen LogP contribution in [0.5, 0.6) is 5.75 Å². The highest BCUT2D eigenvalue weighted by Gasteiger charge is 2.10. The summed E-state index contributed by atoms with van der Waals surface area (Å²) in [5, 5.41) is 6.21. The van der Waals surface area contributed by atoms with Gasteiger partial charge in [0.2, 0.25) is 0 Å². The summed E-state index contributed by atoms with van der Waals surface area (Å²) in [6.07, 6.45) is 0. The van der Waals surface area contributed by atoms with E-state index in [4.69, 9.17) is 32.7 Å². The van der Waals surface area contributed by atoms with Gasteiger partial charge in [-0.3, -0.25) is 9.59 Å². The lowest BCUT2D eigenvalue weighted by Crippen LogP contribution is -2.30. The molecule has 0 aliphatic rings. The van der Waals surface area contributed by atoms with E-state index in [1.54, 1.807) is 53.9 Å². The molecule has 0 spiro atoms. The van der Waals surface area contributed by atoms with Crippen LogP contribution < -0.4 is 10.1 Å². The lowest BCUT2D eigenvalue weighted by Gasteiger charge is -2.06. The molecule has 150 valence electrons. The molecule has 0 saturated carbocycles. The van der Waals surface area contributed by atoms with Gasteiger partial charge in [0.15, 0.2) is 0 Å². The average molecular weight is 451 g/mol. The Morgan fingerprint density at radius 1 is 0.966 bits per heavy atom. The highest BCUT2D eigenvalue weighted by atomic mass is 35.5. The number of ether oxygens (including phenoxy) is 2. The van der Waals surface area contributed by atoms with Crippen molar-refractivity contribution in [2.45, 2.75) is 13.2 Å². The van der Waals surface area contributed by atoms with Crippen molar-refractivity contribution >= 4 is 46.4 Å². The van der Waals surface area contributed by atoms with Gasteiger partial charge in [-0.25, -0.2) is 4.98 Å². The molecule has 3 rings (SSSR count). The molecule has 1 amide bonds. The Kier molecular flexibility index (Phi) is 7.46. The van der Waals surface area contributed by atoms with Gasteiger partial charge in [0.1, 0.15) is 30.5 Å². The van der Waals surface area contributed by atoms with Crippen molar-refractivity contribution in [3.05, 3.63) is 80.2 Å². The fraction of sp³-hybridized carbons (Fsp3) is 0.150. The zero-order valence-corrected chi connectivity index (χ0v) is 17.4. The van der Waals surface area contributed by atoms with Crippen LogP contribution in [-0.2, 0) is 22.7 Å². The number of nitrogens with one attached hydrogen (secondary N) is 1. The summed E-state index contributed by atoms with van der Waals surface area (Å²) in [6.45, 7) is 0.0859. The van der Waals surface area contributed by atoms with E-state index >= 15 is 0 Å². The third-order valence-corrected chi connectivity index (χ3v) is 5.03. The van der Waals surface area contributed by atoms with Crippen molar-refractivity contribution in [1.29, 1.82) is 0 Å². The summed E-state index contributed by atoms with van der Waals surface area (Å²) in [7, 11) is 0. The molecule has 2 aromatic carbocycles. The Balaban J connectivity index is 1.39. The second-order valence-corrected chi connectivity index (χ2v) is 7.64. The number of esters is 1. The Morgan fingerprint density at radius 2 is 1.62 bits per heavy atom. The summed E-state index contributed by atoms with van der Waals surface area (Å²) in [4.78, 5) is 28.1. The standard InChI is InChI=1S/C20H16Cl2N2O4S/c21-14-3-1-13(2-4-14)20(26)23-9-19(25)28-10-16-12-29-18(24-16)11-27-17-7-5-15(22)6-8-17/h1-8,12H,9-11H2,(H,23,26). The van der Waals surface area contributed by atoms with Gasteiger partial charge in [-0.15, -0.1) is 11.3 Å². The number of rotatable bonds is 8. The molecule has 0 aliphatic carbocycles. The van der Waals surface area contributed by atoms with E-state index in [2.05, 4.69) is 10.3 Å². The number of carbonyl (C=O) groups excluding carboxylic acids is 2. The molecule has 1 aromatic heterocycles. The molecular formula is C20H16Cl2N2O4S. The zero-order chi connectivity index (χ0) is 20.6. The lowest BCUT2D eigenvalue weighted by molar-refractivity contribution is -0.143. The van der Waals surface area contributed by atoms with Crippen LogP contribution in [0.15, 0.2) is 53.9 Å². The molecule has 6 nitrogen and oxygen atoms in total. The predicted octanol–water partition coefficient (Wildman–Crippen LogP) is 4.50. The van der Waals surface area contributed by atoms with Crippen LogP contribution >= 0.6 is 34.5 Å². The first-order valence-electron chi connectivity index (χ1n) is 8.50. The molecule has 0 atom stereocenters. The number of amides is 1. The molecule has 29 heavy (non-hydrogen) atoms. The number of hydrogen-bond donors (Lipinski definition) is 1. The molecule has 0 saturated heterocycles. The fourth-order valence-electron chi connectivity index (χ4n) is 2.22. The summed E-state index contributed by atoms with van der Waals surface area (Å²) in [5.41, 5.74) is 1.02. The predicted molar refractivity (Wildman–Crippen MR) is 111 cm³/mol. The van der Waals surface area contributed by atoms with E-state index in [0.29, 0.717) is 33.7 Å². The number of halogens is 2. The van der Waals surface area contributed by atoms with E-state index in [1.807, 2.05) is 0 Å². The van der Waals surface area contributed by atoms with Crippen molar-refractivity contribution < 1.29 is 19.1 Å². The van der Waals surface area contributed by atoms with Crippen molar-refractivity contribution in [3.63, 3.8) is 0 Å². The second-order valence-electron chi connectivity index (χ2n) is 5.83. The van der Waals surface area contributed by atoms with Crippen molar-refractivity contribution in [3.8, 4) is 5.75 Å². The van der Waals surface area contributed by atoms with Crippen LogP contribution in [0.25, 0.3) is 0 Å². The number of aromatic nitrogens is 1. The molecule has 0 aliphatic heterocycles. The van der Waals surface area contributed by atoms with Crippen LogP contribution in [0, 0.1) is 0 Å². The van der Waals surface area contributed by atoms with Gasteiger partial charge >= 0.3 is 5.97 Å². The molecule has 9 heteroatoms. The van der Waals surface area contributed by atoms with Gasteiger partial charge in [0.25, 0.3) is 5.91 Å². The summed E-state index contributed by atoms with van der Waals surface area (Å²) >= 11 is 13.0. The molecule has 1 N–H and O–H groups in total. The third kappa shape index (κ3) is 6.74. The number of carbonyl (C=O) groups is 2. The maximum atomic E-state index is 12.0. The summed E-state index contributed by atoms with van der Waals surface area (Å²) in [5.74, 6) is -0.248. The average Bonchev–Trinajstić information content (AvgIpc) is 3.18. The third-order valence-electron chi connectivity index (χ3n) is 3.66. The van der Waals surface area contributed by atoms with Crippen LogP contribution in [-0.4, -0.2) is 23.4 Å². The number of nitrogens with zero attached hydrogens (tertiary/aromatic N) is 1. The normalized spacial score (nSPS) is 10.4. The van der Waals surface area contributed by atoms with Gasteiger partial charge in [0.05, 0.1) is 5.69 Å². The lowest BCUT2D eigenvalue weighted by atomic mass is 10.2. The van der Waals surface area contributed by atoms with Gasteiger partial charge in [-0.1, -0.05) is 23.2 Å². The van der Waals surface area contributed by atoms with Gasteiger partial charge in [-0.05, 0) is 48.5 Å². The van der Waals surface area contributed by atoms with Crippen molar-refractivity contribution in [1.82, 2.24) is 10.3 Å². The molecule has 0 bridgehead atoms. The van der Waals surface area contributed by atoms with E-state index in [9.17, 15) is 9.59 Å². The van der Waals surface area contributed by atoms with Crippen LogP contribution in [0.2, 0.25) is 10.0 Å². The summed E-state index contributed by atoms with van der Waals surface area (Å²) < 4.78 is 10.8. The molecule has 3 aromatic rings. The van der Waals surface area contributed by atoms with Gasteiger partial charge in [0, 0.05) is 21.0 Å². The monoisotopic (exact) mass is 450 g/mol. The largest absolute Gasteiger partial charge is 0.486 e.